The average Bonchev–Trinajstić information content (AvgIpc) is 2.47. The molecule has 0 aromatic heterocycles. The van der Waals surface area contributed by atoms with Crippen molar-refractivity contribution < 1.29 is 18.7 Å². The van der Waals surface area contributed by atoms with E-state index in [0.29, 0.717) is 21.3 Å². The molecule has 2 aromatic rings. The van der Waals surface area contributed by atoms with E-state index in [1.165, 1.54) is 7.11 Å². The molecule has 20 heavy (non-hydrogen) atoms. The molecule has 104 valence electrons. The van der Waals surface area contributed by atoms with Crippen molar-refractivity contribution in [2.24, 2.45) is 0 Å². The number of carbonyl (C=O) groups is 1. The summed E-state index contributed by atoms with van der Waals surface area (Å²) in [6, 6.07) is 9.81. The fourth-order valence-corrected chi connectivity index (χ4v) is 2.20. The first-order chi connectivity index (χ1) is 9.65. The van der Waals surface area contributed by atoms with Gasteiger partial charge in [0.05, 0.1) is 11.6 Å². The van der Waals surface area contributed by atoms with Crippen LogP contribution in [0.2, 0.25) is 0 Å². The largest absolute Gasteiger partial charge is 0.494 e. The van der Waals surface area contributed by atoms with Crippen LogP contribution in [0.15, 0.2) is 40.9 Å². The second-order valence-corrected chi connectivity index (χ2v) is 4.88. The van der Waals surface area contributed by atoms with Gasteiger partial charge >= 0.3 is 0 Å². The van der Waals surface area contributed by atoms with Gasteiger partial charge in [0.2, 0.25) is 0 Å². The van der Waals surface area contributed by atoms with Gasteiger partial charge in [-0.25, -0.2) is 4.39 Å². The molecule has 5 heteroatoms. The maximum Gasteiger partial charge on any atom is 0.171 e. The minimum absolute atomic E-state index is 0.0715. The third kappa shape index (κ3) is 3.17. The Balaban J connectivity index is 2.15. The Morgan fingerprint density at radius 3 is 2.70 bits per heavy atom. The SMILES string of the molecule is COc1cccc(COc2ccc(C=O)cc2Br)c1F. The summed E-state index contributed by atoms with van der Waals surface area (Å²) in [5, 5.41) is 0. The van der Waals surface area contributed by atoms with Crippen molar-refractivity contribution in [3.63, 3.8) is 0 Å². The molecule has 0 N–H and O–H groups in total. The van der Waals surface area contributed by atoms with Crippen LogP contribution in [0.4, 0.5) is 4.39 Å². The summed E-state index contributed by atoms with van der Waals surface area (Å²) >= 11 is 3.31. The number of methoxy groups -OCH3 is 1. The molecular weight excluding hydrogens is 327 g/mol. The molecule has 0 saturated carbocycles. The van der Waals surface area contributed by atoms with Crippen LogP contribution in [0, 0.1) is 5.82 Å². The van der Waals surface area contributed by atoms with Crippen molar-refractivity contribution in [1.29, 1.82) is 0 Å². The van der Waals surface area contributed by atoms with Crippen molar-refractivity contribution in [1.82, 2.24) is 0 Å². The first kappa shape index (κ1) is 14.5. The highest BCUT2D eigenvalue weighted by Gasteiger charge is 2.10. The van der Waals surface area contributed by atoms with E-state index in [0.717, 1.165) is 6.29 Å². The Labute approximate surface area is 124 Å². The molecule has 0 saturated heterocycles. The van der Waals surface area contributed by atoms with Crippen molar-refractivity contribution in [3.05, 3.63) is 57.8 Å². The van der Waals surface area contributed by atoms with Crippen molar-refractivity contribution >= 4 is 22.2 Å². The molecule has 0 amide bonds. The molecular formula is C15H12BrFO3. The van der Waals surface area contributed by atoms with Crippen LogP contribution in [-0.2, 0) is 6.61 Å². The van der Waals surface area contributed by atoms with E-state index in [1.807, 2.05) is 0 Å². The Bertz CT molecular complexity index is 629. The van der Waals surface area contributed by atoms with E-state index < -0.39 is 5.82 Å². The van der Waals surface area contributed by atoms with Gasteiger partial charge in [0.15, 0.2) is 11.6 Å². The highest BCUT2D eigenvalue weighted by atomic mass is 79.9. The zero-order valence-corrected chi connectivity index (χ0v) is 12.3. The van der Waals surface area contributed by atoms with Crippen LogP contribution in [-0.4, -0.2) is 13.4 Å². The lowest BCUT2D eigenvalue weighted by molar-refractivity contribution is 0.112. The highest BCUT2D eigenvalue weighted by Crippen LogP contribution is 2.27. The van der Waals surface area contributed by atoms with E-state index in [9.17, 15) is 9.18 Å². The number of carbonyl (C=O) groups excluding carboxylic acids is 1. The molecule has 0 spiro atoms. The summed E-state index contributed by atoms with van der Waals surface area (Å²) in [5.74, 6) is 0.287. The second-order valence-electron chi connectivity index (χ2n) is 4.03. The third-order valence-corrected chi connectivity index (χ3v) is 3.36. The predicted molar refractivity (Wildman–Crippen MR) is 76.8 cm³/mol. The molecule has 3 nitrogen and oxygen atoms in total. The van der Waals surface area contributed by atoms with Gasteiger partial charge < -0.3 is 9.47 Å². The summed E-state index contributed by atoms with van der Waals surface area (Å²) < 4.78 is 25.0. The van der Waals surface area contributed by atoms with Gasteiger partial charge in [-0.2, -0.15) is 0 Å². The van der Waals surface area contributed by atoms with Crippen LogP contribution in [0.3, 0.4) is 0 Å². The van der Waals surface area contributed by atoms with Crippen molar-refractivity contribution in [2.75, 3.05) is 7.11 Å². The van der Waals surface area contributed by atoms with Crippen molar-refractivity contribution in [3.8, 4) is 11.5 Å². The molecule has 0 aliphatic rings. The topological polar surface area (TPSA) is 35.5 Å². The standard InChI is InChI=1S/C15H12BrFO3/c1-19-14-4-2-3-11(15(14)17)9-20-13-6-5-10(8-18)7-12(13)16/h2-8H,9H2,1H3. The number of ether oxygens (including phenoxy) is 2. The normalized spacial score (nSPS) is 10.2. The lowest BCUT2D eigenvalue weighted by Gasteiger charge is -2.10. The fourth-order valence-electron chi connectivity index (χ4n) is 1.69. The number of rotatable bonds is 5. The molecule has 0 bridgehead atoms. The molecule has 2 aromatic carbocycles. The van der Waals surface area contributed by atoms with Gasteiger partial charge in [0.1, 0.15) is 18.6 Å². The molecule has 0 fully saturated rings. The van der Waals surface area contributed by atoms with E-state index in [-0.39, 0.29) is 12.4 Å². The Morgan fingerprint density at radius 2 is 2.05 bits per heavy atom. The van der Waals surface area contributed by atoms with Crippen LogP contribution in [0.25, 0.3) is 0 Å². The van der Waals surface area contributed by atoms with Crippen molar-refractivity contribution in [2.45, 2.75) is 6.61 Å². The van der Waals surface area contributed by atoms with E-state index >= 15 is 0 Å². The van der Waals surface area contributed by atoms with Gasteiger partial charge in [-0.1, -0.05) is 12.1 Å². The number of halogens is 2. The number of benzene rings is 2. The molecule has 0 aliphatic carbocycles. The third-order valence-electron chi connectivity index (χ3n) is 2.74. The van der Waals surface area contributed by atoms with Crippen LogP contribution < -0.4 is 9.47 Å². The molecule has 2 rings (SSSR count). The Morgan fingerprint density at radius 1 is 1.25 bits per heavy atom. The van der Waals surface area contributed by atoms with Crippen LogP contribution in [0.5, 0.6) is 11.5 Å². The first-order valence-electron chi connectivity index (χ1n) is 5.84. The van der Waals surface area contributed by atoms with E-state index in [2.05, 4.69) is 15.9 Å². The molecule has 0 radical (unpaired) electrons. The highest BCUT2D eigenvalue weighted by molar-refractivity contribution is 9.10. The minimum atomic E-state index is -0.435. The summed E-state index contributed by atoms with van der Waals surface area (Å²) in [6.45, 7) is 0.0715. The van der Waals surface area contributed by atoms with Gasteiger partial charge in [0, 0.05) is 11.1 Å². The minimum Gasteiger partial charge on any atom is -0.494 e. The van der Waals surface area contributed by atoms with Gasteiger partial charge in [-0.05, 0) is 40.2 Å². The quantitative estimate of drug-likeness (QED) is 0.773. The number of hydrogen-bond acceptors (Lipinski definition) is 3. The zero-order valence-electron chi connectivity index (χ0n) is 10.7. The van der Waals surface area contributed by atoms with Gasteiger partial charge in [0.25, 0.3) is 0 Å². The summed E-state index contributed by atoms with van der Waals surface area (Å²) in [6.07, 6.45) is 0.746. The summed E-state index contributed by atoms with van der Waals surface area (Å²) in [7, 11) is 1.41. The lowest BCUT2D eigenvalue weighted by atomic mass is 10.2. The molecule has 0 atom stereocenters. The van der Waals surface area contributed by atoms with E-state index in [1.54, 1.807) is 36.4 Å². The number of aldehydes is 1. The molecule has 0 unspecified atom stereocenters. The summed E-state index contributed by atoms with van der Waals surface area (Å²) in [5.41, 5.74) is 0.937. The maximum atomic E-state index is 13.9. The second kappa shape index (κ2) is 6.52. The van der Waals surface area contributed by atoms with Gasteiger partial charge in [-0.15, -0.1) is 0 Å². The number of hydrogen-bond donors (Lipinski definition) is 0. The fraction of sp³-hybridized carbons (Fsp3) is 0.133. The molecule has 0 heterocycles. The monoisotopic (exact) mass is 338 g/mol. The zero-order chi connectivity index (χ0) is 14.5. The lowest BCUT2D eigenvalue weighted by Crippen LogP contribution is -2.01. The smallest absolute Gasteiger partial charge is 0.171 e. The van der Waals surface area contributed by atoms with Gasteiger partial charge in [-0.3, -0.25) is 4.79 Å². The Kier molecular flexibility index (Phi) is 4.74. The summed E-state index contributed by atoms with van der Waals surface area (Å²) in [4.78, 5) is 10.6. The predicted octanol–water partition coefficient (Wildman–Crippen LogP) is 3.99. The molecule has 0 aliphatic heterocycles. The average molecular weight is 339 g/mol. The Hall–Kier alpha value is -1.88. The van der Waals surface area contributed by atoms with Crippen LogP contribution >= 0.6 is 15.9 Å². The first-order valence-corrected chi connectivity index (χ1v) is 6.64. The van der Waals surface area contributed by atoms with E-state index in [4.69, 9.17) is 9.47 Å². The van der Waals surface area contributed by atoms with Crippen LogP contribution in [0.1, 0.15) is 15.9 Å². The maximum absolute atomic E-state index is 13.9.